The van der Waals surface area contributed by atoms with Gasteiger partial charge in [0.15, 0.2) is 17.5 Å². The summed E-state index contributed by atoms with van der Waals surface area (Å²) in [7, 11) is 0. The Kier molecular flexibility index (Phi) is 5.99. The lowest BCUT2D eigenvalue weighted by atomic mass is 9.99. The van der Waals surface area contributed by atoms with Gasteiger partial charge in [-0.25, -0.2) is 15.0 Å². The molecule has 0 amide bonds. The average Bonchev–Trinajstić information content (AvgIpc) is 4.00. The van der Waals surface area contributed by atoms with Crippen molar-refractivity contribution in [2.45, 2.75) is 0 Å². The molecule has 0 atom stereocenters. The normalized spacial score (nSPS) is 14.3. The molecule has 0 aliphatic carbocycles. The van der Waals surface area contributed by atoms with Gasteiger partial charge in [0.2, 0.25) is 0 Å². The van der Waals surface area contributed by atoms with Gasteiger partial charge in [-0.1, -0.05) is 170 Å². The Morgan fingerprint density at radius 3 is 1.76 bits per heavy atom. The van der Waals surface area contributed by atoms with Crippen molar-refractivity contribution in [3.8, 4) is 73.2 Å². The van der Waals surface area contributed by atoms with Crippen LogP contribution in [0.25, 0.3) is 117 Å². The zero-order valence-corrected chi connectivity index (χ0v) is 32.6. The van der Waals surface area contributed by atoms with Crippen molar-refractivity contribution in [1.82, 2.24) is 19.5 Å². The van der Waals surface area contributed by atoms with Crippen LogP contribution < -0.4 is 0 Å². The van der Waals surface area contributed by atoms with Crippen molar-refractivity contribution in [3.05, 3.63) is 218 Å². The Morgan fingerprint density at radius 2 is 0.952 bits per heavy atom. The van der Waals surface area contributed by atoms with Crippen molar-refractivity contribution >= 4 is 43.7 Å². The highest BCUT2D eigenvalue weighted by molar-refractivity contribution is 6.11. The maximum absolute atomic E-state index is 9.80. The summed E-state index contributed by atoms with van der Waals surface area (Å²) in [6, 6.07) is 38.4. The molecule has 0 bridgehead atoms. The number of nitrogens with zero attached hydrogens (tertiary/aromatic N) is 4. The largest absolute Gasteiger partial charge is 0.456 e. The van der Waals surface area contributed by atoms with Gasteiger partial charge in [0.25, 0.3) is 0 Å². The van der Waals surface area contributed by atoms with E-state index in [0.29, 0.717) is 39.5 Å². The number of hydrogen-bond donors (Lipinski definition) is 0. The fraction of sp³-hybridized carbons (Fsp3) is 0. The Bertz CT molecular complexity index is 4300. The number of fused-ring (bicyclic) bond motifs is 6. The minimum absolute atomic E-state index is 0.139. The molecular formula is C57H36N4O. The summed E-state index contributed by atoms with van der Waals surface area (Å²) < 4.78 is 116. The summed E-state index contributed by atoms with van der Waals surface area (Å²) in [4.78, 5) is 15.3. The first-order valence-corrected chi connectivity index (χ1v) is 19.9. The van der Waals surface area contributed by atoms with Gasteiger partial charge >= 0.3 is 0 Å². The molecule has 3 aromatic heterocycles. The molecule has 5 heteroatoms. The quantitative estimate of drug-likeness (QED) is 0.161. The van der Waals surface area contributed by atoms with Crippen LogP contribution in [0.4, 0.5) is 0 Å². The van der Waals surface area contributed by atoms with E-state index in [4.69, 9.17) is 29.0 Å². The van der Waals surface area contributed by atoms with Gasteiger partial charge in [-0.2, -0.15) is 0 Å². The van der Waals surface area contributed by atoms with Crippen LogP contribution in [0.5, 0.6) is 0 Å². The highest BCUT2D eigenvalue weighted by Crippen LogP contribution is 2.41. The Hall–Kier alpha value is -8.41. The summed E-state index contributed by atoms with van der Waals surface area (Å²) in [5, 5.41) is 1.42. The van der Waals surface area contributed by atoms with E-state index < -0.39 is 83.6 Å². The molecule has 0 aliphatic heterocycles. The van der Waals surface area contributed by atoms with Gasteiger partial charge in [-0.05, 0) is 81.8 Å². The van der Waals surface area contributed by atoms with Gasteiger partial charge in [0, 0.05) is 38.2 Å². The number of benzene rings is 9. The van der Waals surface area contributed by atoms with E-state index in [9.17, 15) is 6.85 Å². The number of para-hydroxylation sites is 2. The van der Waals surface area contributed by atoms with E-state index in [1.807, 2.05) is 140 Å². The second-order valence-electron chi connectivity index (χ2n) is 14.7. The molecule has 12 rings (SSSR count). The highest BCUT2D eigenvalue weighted by atomic mass is 16.3. The molecule has 0 saturated carbocycles. The fourth-order valence-corrected chi connectivity index (χ4v) is 8.03. The Morgan fingerprint density at radius 1 is 0.371 bits per heavy atom. The van der Waals surface area contributed by atoms with E-state index in [-0.39, 0.29) is 33.3 Å². The maximum Gasteiger partial charge on any atom is 0.166 e. The summed E-state index contributed by atoms with van der Waals surface area (Å²) in [6.45, 7) is 0. The van der Waals surface area contributed by atoms with E-state index in [0.717, 1.165) is 33.0 Å². The standard InChI is InChI=1S/C57H36N4O/c1-4-14-37(15-5-1)39-24-26-41(27-25-39)56-58-55(40-18-8-3-9-19-40)59-57(60-56)49-36-43(44-30-33-54-48(35-44)46-21-11-13-23-53(46)62-54)29-32-52(49)61-50-22-12-10-20-45(50)47-34-42(28-31-51(47)61)38-16-6-2-7-17-38/h1-36H/i2D,6D,7D,10D,12D,16D,17D,20D,22D,28D,31D,34D. The first kappa shape index (κ1) is 25.3. The molecule has 3 heterocycles. The highest BCUT2D eigenvalue weighted by Gasteiger charge is 2.21. The third-order valence-corrected chi connectivity index (χ3v) is 11.0. The summed E-state index contributed by atoms with van der Waals surface area (Å²) in [5.41, 5.74) is 5.49. The molecule has 0 saturated heterocycles. The number of rotatable bonds is 7. The Labute approximate surface area is 374 Å². The summed E-state index contributed by atoms with van der Waals surface area (Å²) in [6.07, 6.45) is 0. The zero-order valence-electron chi connectivity index (χ0n) is 44.6. The van der Waals surface area contributed by atoms with Crippen LogP contribution in [0.2, 0.25) is 0 Å². The molecule has 0 N–H and O–H groups in total. The summed E-state index contributed by atoms with van der Waals surface area (Å²) >= 11 is 0. The average molecular weight is 805 g/mol. The summed E-state index contributed by atoms with van der Waals surface area (Å²) in [5.74, 6) is 0.769. The molecule has 62 heavy (non-hydrogen) atoms. The van der Waals surface area contributed by atoms with E-state index in [2.05, 4.69) is 0 Å². The molecule has 0 fully saturated rings. The van der Waals surface area contributed by atoms with Crippen molar-refractivity contribution in [2.75, 3.05) is 0 Å². The van der Waals surface area contributed by atoms with Crippen molar-refractivity contribution in [1.29, 1.82) is 0 Å². The predicted octanol–water partition coefficient (Wildman–Crippen LogP) is 14.9. The number of hydrogen-bond acceptors (Lipinski definition) is 4. The molecule has 0 unspecified atom stereocenters. The SMILES string of the molecule is [2H]c1c([2H])c([2H])c(-c2c([2H])c([2H])c3c(c2[2H])c2c([2H])c([2H])c([2H])c([2H])c2n3-c2ccc(-c3ccc4oc5ccccc5c4c3)cc2-c2nc(-c3ccccc3)nc(-c3ccc(-c4ccccc4)cc3)n2)c([2H])c1[2H]. The minimum Gasteiger partial charge on any atom is -0.456 e. The molecule has 290 valence electrons. The first-order valence-electron chi connectivity index (χ1n) is 25.9. The molecule has 5 nitrogen and oxygen atoms in total. The maximum atomic E-state index is 9.80. The smallest absolute Gasteiger partial charge is 0.166 e. The van der Waals surface area contributed by atoms with Crippen molar-refractivity contribution in [2.24, 2.45) is 0 Å². The van der Waals surface area contributed by atoms with Crippen molar-refractivity contribution in [3.63, 3.8) is 0 Å². The fourth-order valence-electron chi connectivity index (χ4n) is 8.03. The third kappa shape index (κ3) is 6.14. The van der Waals surface area contributed by atoms with E-state index in [1.165, 1.54) is 4.57 Å². The van der Waals surface area contributed by atoms with Crippen molar-refractivity contribution < 1.29 is 20.9 Å². The van der Waals surface area contributed by atoms with Gasteiger partial charge < -0.3 is 8.98 Å². The van der Waals surface area contributed by atoms with Crippen LogP contribution in [-0.2, 0) is 0 Å². The first-order chi connectivity index (χ1) is 35.7. The van der Waals surface area contributed by atoms with Crippen LogP contribution in [0, 0.1) is 0 Å². The van der Waals surface area contributed by atoms with Crippen LogP contribution in [0.15, 0.2) is 223 Å². The predicted molar refractivity (Wildman–Crippen MR) is 254 cm³/mol. The second kappa shape index (κ2) is 14.7. The van der Waals surface area contributed by atoms with Gasteiger partial charge in [-0.3, -0.25) is 0 Å². The molecule has 12 aromatic rings. The lowest BCUT2D eigenvalue weighted by molar-refractivity contribution is 0.669. The van der Waals surface area contributed by atoms with Gasteiger partial charge in [-0.15, -0.1) is 0 Å². The molecule has 0 aliphatic rings. The van der Waals surface area contributed by atoms with Crippen LogP contribution >= 0.6 is 0 Å². The minimum atomic E-state index is -0.709. The topological polar surface area (TPSA) is 56.7 Å². The van der Waals surface area contributed by atoms with Crippen LogP contribution in [-0.4, -0.2) is 19.5 Å². The second-order valence-corrected chi connectivity index (χ2v) is 14.7. The Balaban J connectivity index is 1.20. The van der Waals surface area contributed by atoms with Crippen LogP contribution in [0.1, 0.15) is 16.4 Å². The molecular weight excluding hydrogens is 757 g/mol. The zero-order chi connectivity index (χ0) is 51.4. The lowest BCUT2D eigenvalue weighted by Gasteiger charge is -2.16. The monoisotopic (exact) mass is 804 g/mol. The third-order valence-electron chi connectivity index (χ3n) is 11.0. The van der Waals surface area contributed by atoms with Gasteiger partial charge in [0.1, 0.15) is 11.2 Å². The number of aromatic nitrogens is 4. The van der Waals surface area contributed by atoms with Gasteiger partial charge in [0.05, 0.1) is 33.2 Å². The number of furan rings is 1. The molecule has 0 spiro atoms. The lowest BCUT2D eigenvalue weighted by Crippen LogP contribution is -2.04. The van der Waals surface area contributed by atoms with Crippen LogP contribution in [0.3, 0.4) is 0 Å². The van der Waals surface area contributed by atoms with E-state index >= 15 is 0 Å². The molecule has 9 aromatic carbocycles. The molecule has 0 radical (unpaired) electrons. The van der Waals surface area contributed by atoms with E-state index in [1.54, 1.807) is 6.07 Å².